The van der Waals surface area contributed by atoms with E-state index in [2.05, 4.69) is 49.8 Å². The van der Waals surface area contributed by atoms with Crippen LogP contribution in [-0.2, 0) is 5.41 Å². The summed E-state index contributed by atoms with van der Waals surface area (Å²) in [6.07, 6.45) is 5.93. The van der Waals surface area contributed by atoms with Crippen LogP contribution < -0.4 is 0 Å². The standard InChI is InChI=1S/C20H22N2O2S/c1-12(7-14-10-22-17(11-21-14)19(23)24)15-9-16-18(8-13(15)2)25-6-5-20(16,3)4/h7-11H,5-6H2,1-4H3,(H,23,24). The third-order valence-corrected chi connectivity index (χ3v) is 5.78. The third-order valence-electron chi connectivity index (χ3n) is 4.72. The molecule has 2 aromatic rings. The van der Waals surface area contributed by atoms with E-state index in [9.17, 15) is 4.79 Å². The second-order valence-corrected chi connectivity index (χ2v) is 8.24. The van der Waals surface area contributed by atoms with Crippen molar-refractivity contribution in [2.24, 2.45) is 0 Å². The van der Waals surface area contributed by atoms with Gasteiger partial charge >= 0.3 is 5.97 Å². The van der Waals surface area contributed by atoms with Gasteiger partial charge in [-0.3, -0.25) is 4.98 Å². The largest absolute Gasteiger partial charge is 0.476 e. The number of aryl methyl sites for hydroxylation is 1. The summed E-state index contributed by atoms with van der Waals surface area (Å²) in [5, 5.41) is 8.91. The van der Waals surface area contributed by atoms with Gasteiger partial charge in [0, 0.05) is 4.90 Å². The zero-order valence-electron chi connectivity index (χ0n) is 15.0. The fraction of sp³-hybridized carbons (Fsp3) is 0.350. The highest BCUT2D eigenvalue weighted by molar-refractivity contribution is 7.99. The van der Waals surface area contributed by atoms with Crippen molar-refractivity contribution in [3.05, 3.63) is 52.6 Å². The Morgan fingerprint density at radius 2 is 2.04 bits per heavy atom. The lowest BCUT2D eigenvalue weighted by atomic mass is 9.80. The summed E-state index contributed by atoms with van der Waals surface area (Å²) in [4.78, 5) is 20.4. The van der Waals surface area contributed by atoms with Crippen molar-refractivity contribution >= 4 is 29.4 Å². The van der Waals surface area contributed by atoms with E-state index in [0.29, 0.717) is 5.69 Å². The minimum absolute atomic E-state index is 0.0430. The normalized spacial score (nSPS) is 16.4. The Labute approximate surface area is 152 Å². The molecule has 1 aliphatic rings. The number of hydrogen-bond donors (Lipinski definition) is 1. The number of allylic oxidation sites excluding steroid dienone is 1. The summed E-state index contributed by atoms with van der Waals surface area (Å²) in [5.74, 6) is 0.101. The van der Waals surface area contributed by atoms with Crippen LogP contribution in [0.3, 0.4) is 0 Å². The van der Waals surface area contributed by atoms with Crippen LogP contribution in [0.25, 0.3) is 11.6 Å². The van der Waals surface area contributed by atoms with Gasteiger partial charge in [0.1, 0.15) is 0 Å². The molecule has 5 heteroatoms. The minimum Gasteiger partial charge on any atom is -0.476 e. The fourth-order valence-corrected chi connectivity index (χ4v) is 4.71. The highest BCUT2D eigenvalue weighted by Crippen LogP contribution is 2.43. The van der Waals surface area contributed by atoms with Crippen LogP contribution in [0, 0.1) is 6.92 Å². The van der Waals surface area contributed by atoms with E-state index in [0.717, 1.165) is 5.57 Å². The molecule has 0 fully saturated rings. The number of benzene rings is 1. The molecule has 2 heterocycles. The zero-order valence-corrected chi connectivity index (χ0v) is 15.8. The number of carboxylic acid groups (broad SMARTS) is 1. The Bertz CT molecular complexity index is 855. The molecule has 1 aromatic carbocycles. The van der Waals surface area contributed by atoms with Crippen LogP contribution in [0.5, 0.6) is 0 Å². The van der Waals surface area contributed by atoms with Crippen LogP contribution in [0.2, 0.25) is 0 Å². The van der Waals surface area contributed by atoms with Gasteiger partial charge in [-0.1, -0.05) is 13.8 Å². The number of fused-ring (bicyclic) bond motifs is 1. The lowest BCUT2D eigenvalue weighted by molar-refractivity contribution is 0.0690. The number of carboxylic acids is 1. The number of aromatic nitrogens is 2. The summed E-state index contributed by atoms with van der Waals surface area (Å²) in [7, 11) is 0. The zero-order chi connectivity index (χ0) is 18.2. The predicted octanol–water partition coefficient (Wildman–Crippen LogP) is 4.82. The Morgan fingerprint density at radius 3 is 2.68 bits per heavy atom. The maximum Gasteiger partial charge on any atom is 0.356 e. The van der Waals surface area contributed by atoms with Gasteiger partial charge in [0.2, 0.25) is 0 Å². The summed E-state index contributed by atoms with van der Waals surface area (Å²) in [5.41, 5.74) is 5.76. The number of carbonyl (C=O) groups is 1. The second kappa shape index (κ2) is 6.64. The van der Waals surface area contributed by atoms with Crippen molar-refractivity contribution in [3.63, 3.8) is 0 Å². The molecular weight excluding hydrogens is 332 g/mol. The minimum atomic E-state index is -1.06. The van der Waals surface area contributed by atoms with E-state index in [-0.39, 0.29) is 11.1 Å². The fourth-order valence-electron chi connectivity index (χ4n) is 3.13. The van der Waals surface area contributed by atoms with Gasteiger partial charge in [-0.15, -0.1) is 11.8 Å². The van der Waals surface area contributed by atoms with Gasteiger partial charge in [0.25, 0.3) is 0 Å². The number of nitrogens with zero attached hydrogens (tertiary/aromatic N) is 2. The Morgan fingerprint density at radius 1 is 1.28 bits per heavy atom. The quantitative estimate of drug-likeness (QED) is 0.856. The van der Waals surface area contributed by atoms with Crippen molar-refractivity contribution in [2.45, 2.75) is 44.4 Å². The Balaban J connectivity index is 1.99. The molecule has 1 N–H and O–H groups in total. The average Bonchev–Trinajstić information content (AvgIpc) is 2.54. The van der Waals surface area contributed by atoms with Gasteiger partial charge in [0.05, 0.1) is 18.1 Å². The molecule has 1 aliphatic heterocycles. The van der Waals surface area contributed by atoms with Gasteiger partial charge < -0.3 is 5.11 Å². The maximum atomic E-state index is 10.9. The molecule has 0 saturated heterocycles. The smallest absolute Gasteiger partial charge is 0.356 e. The van der Waals surface area contributed by atoms with Crippen molar-refractivity contribution in [1.82, 2.24) is 9.97 Å². The summed E-state index contributed by atoms with van der Waals surface area (Å²) < 4.78 is 0. The van der Waals surface area contributed by atoms with E-state index in [1.165, 1.54) is 46.2 Å². The molecule has 1 aromatic heterocycles. The van der Waals surface area contributed by atoms with E-state index >= 15 is 0 Å². The topological polar surface area (TPSA) is 63.1 Å². The molecular formula is C20H22N2O2S. The summed E-state index contributed by atoms with van der Waals surface area (Å²) in [6, 6.07) is 4.59. The summed E-state index contributed by atoms with van der Waals surface area (Å²) in [6.45, 7) is 8.80. The van der Waals surface area contributed by atoms with Crippen LogP contribution >= 0.6 is 11.8 Å². The first-order chi connectivity index (χ1) is 11.8. The van der Waals surface area contributed by atoms with Crippen LogP contribution in [0.15, 0.2) is 29.4 Å². The predicted molar refractivity (Wildman–Crippen MR) is 102 cm³/mol. The lowest BCUT2D eigenvalue weighted by Gasteiger charge is -2.33. The highest BCUT2D eigenvalue weighted by atomic mass is 32.2. The molecule has 0 atom stereocenters. The van der Waals surface area contributed by atoms with Crippen LogP contribution in [0.4, 0.5) is 0 Å². The lowest BCUT2D eigenvalue weighted by Crippen LogP contribution is -2.23. The third kappa shape index (κ3) is 3.61. The monoisotopic (exact) mass is 354 g/mol. The Kier molecular flexibility index (Phi) is 4.69. The molecule has 4 nitrogen and oxygen atoms in total. The molecule has 3 rings (SSSR count). The first-order valence-electron chi connectivity index (χ1n) is 8.30. The number of rotatable bonds is 3. The number of hydrogen-bond acceptors (Lipinski definition) is 4. The molecule has 0 spiro atoms. The number of thioether (sulfide) groups is 1. The average molecular weight is 354 g/mol. The number of aromatic carboxylic acids is 1. The summed E-state index contributed by atoms with van der Waals surface area (Å²) >= 11 is 1.94. The van der Waals surface area contributed by atoms with E-state index in [1.807, 2.05) is 17.8 Å². The van der Waals surface area contributed by atoms with Crippen LogP contribution in [-0.4, -0.2) is 26.8 Å². The van der Waals surface area contributed by atoms with Gasteiger partial charge in [0.15, 0.2) is 5.69 Å². The Hall–Kier alpha value is -2.14. The van der Waals surface area contributed by atoms with E-state index < -0.39 is 5.97 Å². The molecule has 25 heavy (non-hydrogen) atoms. The van der Waals surface area contributed by atoms with Gasteiger partial charge in [-0.2, -0.15) is 0 Å². The molecule has 130 valence electrons. The maximum absolute atomic E-state index is 10.9. The van der Waals surface area contributed by atoms with Crippen molar-refractivity contribution in [2.75, 3.05) is 5.75 Å². The molecule has 0 unspecified atom stereocenters. The SMILES string of the molecule is CC(=Cc1cnc(C(=O)O)cn1)c1cc2c(cc1C)SCCC2(C)C. The molecule has 0 aliphatic carbocycles. The van der Waals surface area contributed by atoms with Crippen LogP contribution in [0.1, 0.15) is 60.1 Å². The first-order valence-corrected chi connectivity index (χ1v) is 9.28. The molecule has 0 amide bonds. The van der Waals surface area contributed by atoms with Gasteiger partial charge in [-0.05, 0) is 71.9 Å². The van der Waals surface area contributed by atoms with Gasteiger partial charge in [-0.25, -0.2) is 9.78 Å². The van der Waals surface area contributed by atoms with Crippen molar-refractivity contribution < 1.29 is 9.90 Å². The molecule has 0 radical (unpaired) electrons. The second-order valence-electron chi connectivity index (χ2n) is 7.10. The molecule has 0 bridgehead atoms. The van der Waals surface area contributed by atoms with E-state index in [4.69, 9.17) is 5.11 Å². The van der Waals surface area contributed by atoms with E-state index in [1.54, 1.807) is 0 Å². The van der Waals surface area contributed by atoms with Crippen molar-refractivity contribution in [1.29, 1.82) is 0 Å². The highest BCUT2D eigenvalue weighted by Gasteiger charge is 2.28. The van der Waals surface area contributed by atoms with Crippen molar-refractivity contribution in [3.8, 4) is 0 Å². The molecule has 0 saturated carbocycles. The first kappa shape index (κ1) is 17.7.